The molecule has 3 nitrogen and oxygen atoms in total. The molecule has 3 heteroatoms. The molecular weight excluding hydrogens is 332 g/mol. The molecule has 0 amide bonds. The first kappa shape index (κ1) is 15.9. The topological polar surface area (TPSA) is 25.4 Å². The summed E-state index contributed by atoms with van der Waals surface area (Å²) in [5.41, 5.74) is 5.82. The lowest BCUT2D eigenvalue weighted by Crippen LogP contribution is -2.13. The molecule has 2 heterocycles. The van der Waals surface area contributed by atoms with Crippen LogP contribution in [0.5, 0.6) is 11.5 Å². The lowest BCUT2D eigenvalue weighted by molar-refractivity contribution is 0.487. The van der Waals surface area contributed by atoms with Crippen molar-refractivity contribution in [3.63, 3.8) is 0 Å². The summed E-state index contributed by atoms with van der Waals surface area (Å²) in [5.74, 6) is 1.62. The van der Waals surface area contributed by atoms with Crippen molar-refractivity contribution < 1.29 is 4.74 Å². The van der Waals surface area contributed by atoms with E-state index in [2.05, 4.69) is 54.3 Å². The Labute approximate surface area is 158 Å². The minimum Gasteiger partial charge on any atom is -0.455 e. The molecule has 0 atom stereocenters. The lowest BCUT2D eigenvalue weighted by atomic mass is 10.1. The predicted octanol–water partition coefficient (Wildman–Crippen LogP) is 6.03. The largest absolute Gasteiger partial charge is 0.455 e. The Kier molecular flexibility index (Phi) is 3.79. The fourth-order valence-corrected chi connectivity index (χ4v) is 3.90. The molecule has 3 aromatic carbocycles. The number of hydrogen-bond acceptors (Lipinski definition) is 3. The van der Waals surface area contributed by atoms with Gasteiger partial charge in [-0.15, -0.1) is 0 Å². The molecule has 0 saturated carbocycles. The number of ether oxygens (including phenoxy) is 1. The normalized spacial score (nSPS) is 13.0. The summed E-state index contributed by atoms with van der Waals surface area (Å²) in [5, 5.41) is 1.14. The van der Waals surface area contributed by atoms with E-state index in [0.29, 0.717) is 0 Å². The molecule has 1 aliphatic heterocycles. The molecule has 132 valence electrons. The minimum atomic E-state index is 0.796. The van der Waals surface area contributed by atoms with E-state index in [4.69, 9.17) is 9.72 Å². The highest BCUT2D eigenvalue weighted by Gasteiger charge is 2.26. The number of aromatic nitrogens is 1. The van der Waals surface area contributed by atoms with Gasteiger partial charge in [-0.1, -0.05) is 48.5 Å². The second-order valence-electron chi connectivity index (χ2n) is 6.83. The van der Waals surface area contributed by atoms with Crippen LogP contribution in [0, 0.1) is 6.92 Å². The summed E-state index contributed by atoms with van der Waals surface area (Å²) in [6.45, 7) is 3.08. The monoisotopic (exact) mass is 352 g/mol. The quantitative estimate of drug-likeness (QED) is 0.450. The number of fused-ring (bicyclic) bond motifs is 3. The van der Waals surface area contributed by atoms with Crippen LogP contribution in [-0.4, -0.2) is 11.5 Å². The minimum absolute atomic E-state index is 0.796. The third-order valence-electron chi connectivity index (χ3n) is 5.15. The second kappa shape index (κ2) is 6.44. The van der Waals surface area contributed by atoms with Crippen LogP contribution in [0.1, 0.15) is 11.3 Å². The second-order valence-corrected chi connectivity index (χ2v) is 6.83. The highest BCUT2D eigenvalue weighted by atomic mass is 16.5. The molecular formula is C24H20N2O. The van der Waals surface area contributed by atoms with Crippen LogP contribution in [0.2, 0.25) is 0 Å². The van der Waals surface area contributed by atoms with Gasteiger partial charge in [-0.25, -0.2) is 4.98 Å². The molecule has 0 spiro atoms. The Hall–Kier alpha value is -3.33. The molecule has 4 aromatic rings. The molecule has 0 saturated heterocycles. The van der Waals surface area contributed by atoms with Gasteiger partial charge in [0, 0.05) is 23.3 Å². The van der Waals surface area contributed by atoms with E-state index < -0.39 is 0 Å². The van der Waals surface area contributed by atoms with Gasteiger partial charge >= 0.3 is 0 Å². The maximum absolute atomic E-state index is 6.17. The fraction of sp³-hybridized carbons (Fsp3) is 0.125. The standard InChI is InChI=1S/C24H20N2O/c1-17-20-15-16-26(18-9-4-2-5-10-18)24(20)21-13-8-14-22(23(21)25-17)27-19-11-6-3-7-12-19/h2-14H,15-16H2,1H3. The highest BCUT2D eigenvalue weighted by molar-refractivity contribution is 6.00. The smallest absolute Gasteiger partial charge is 0.153 e. The van der Waals surface area contributed by atoms with Gasteiger partial charge < -0.3 is 9.64 Å². The summed E-state index contributed by atoms with van der Waals surface area (Å²) in [6.07, 6.45) is 1.02. The van der Waals surface area contributed by atoms with Crippen molar-refractivity contribution in [2.75, 3.05) is 11.4 Å². The molecule has 0 aliphatic carbocycles. The predicted molar refractivity (Wildman–Crippen MR) is 110 cm³/mol. The Morgan fingerprint density at radius 2 is 1.59 bits per heavy atom. The molecule has 0 fully saturated rings. The van der Waals surface area contributed by atoms with Crippen molar-refractivity contribution in [3.05, 3.63) is 90.1 Å². The SMILES string of the molecule is Cc1nc2c(Oc3ccccc3)cccc2c2c1CCN2c1ccccc1. The van der Waals surface area contributed by atoms with Gasteiger partial charge in [0.2, 0.25) is 0 Å². The van der Waals surface area contributed by atoms with Crippen LogP contribution in [0.4, 0.5) is 11.4 Å². The summed E-state index contributed by atoms with van der Waals surface area (Å²) in [7, 11) is 0. The van der Waals surface area contributed by atoms with E-state index in [9.17, 15) is 0 Å². The first-order valence-corrected chi connectivity index (χ1v) is 9.29. The maximum atomic E-state index is 6.17. The fourth-order valence-electron chi connectivity index (χ4n) is 3.90. The number of para-hydroxylation sites is 3. The number of benzene rings is 3. The molecule has 0 unspecified atom stereocenters. The Balaban J connectivity index is 1.69. The van der Waals surface area contributed by atoms with Gasteiger partial charge in [0.15, 0.2) is 5.75 Å². The number of rotatable bonds is 3. The maximum Gasteiger partial charge on any atom is 0.153 e. The Morgan fingerprint density at radius 1 is 0.852 bits per heavy atom. The van der Waals surface area contributed by atoms with Crippen LogP contribution in [0.3, 0.4) is 0 Å². The van der Waals surface area contributed by atoms with Crippen molar-refractivity contribution in [2.24, 2.45) is 0 Å². The molecule has 1 aromatic heterocycles. The summed E-state index contributed by atoms with van der Waals surface area (Å²) in [6, 6.07) is 26.7. The Bertz CT molecular complexity index is 1110. The van der Waals surface area contributed by atoms with Crippen LogP contribution in [0.25, 0.3) is 10.9 Å². The van der Waals surface area contributed by atoms with Crippen LogP contribution in [-0.2, 0) is 6.42 Å². The van der Waals surface area contributed by atoms with E-state index in [0.717, 1.165) is 41.1 Å². The molecule has 1 aliphatic rings. The summed E-state index contributed by atoms with van der Waals surface area (Å²) >= 11 is 0. The number of pyridine rings is 1. The van der Waals surface area contributed by atoms with Gasteiger partial charge in [-0.2, -0.15) is 0 Å². The van der Waals surface area contributed by atoms with Crippen molar-refractivity contribution in [1.82, 2.24) is 4.98 Å². The van der Waals surface area contributed by atoms with Crippen LogP contribution >= 0.6 is 0 Å². The van der Waals surface area contributed by atoms with Crippen molar-refractivity contribution in [1.29, 1.82) is 0 Å². The third kappa shape index (κ3) is 2.72. The van der Waals surface area contributed by atoms with E-state index in [1.807, 2.05) is 36.4 Å². The van der Waals surface area contributed by atoms with Gasteiger partial charge in [-0.3, -0.25) is 0 Å². The Morgan fingerprint density at radius 3 is 2.37 bits per heavy atom. The lowest BCUT2D eigenvalue weighted by Gasteiger charge is -2.22. The average molecular weight is 352 g/mol. The zero-order valence-electron chi connectivity index (χ0n) is 15.2. The van der Waals surface area contributed by atoms with Gasteiger partial charge in [-0.05, 0) is 49.2 Å². The third-order valence-corrected chi connectivity index (χ3v) is 5.15. The van der Waals surface area contributed by atoms with Crippen LogP contribution in [0.15, 0.2) is 78.9 Å². The van der Waals surface area contributed by atoms with Gasteiger partial charge in [0.05, 0.1) is 5.69 Å². The number of hydrogen-bond donors (Lipinski definition) is 0. The van der Waals surface area contributed by atoms with E-state index in [1.165, 1.54) is 16.9 Å². The first-order valence-electron chi connectivity index (χ1n) is 9.29. The molecule has 0 radical (unpaired) electrons. The van der Waals surface area contributed by atoms with Gasteiger partial charge in [0.25, 0.3) is 0 Å². The first-order chi connectivity index (χ1) is 13.3. The van der Waals surface area contributed by atoms with Crippen LogP contribution < -0.4 is 9.64 Å². The molecule has 0 N–H and O–H groups in total. The summed E-state index contributed by atoms with van der Waals surface area (Å²) < 4.78 is 6.17. The molecule has 0 bridgehead atoms. The zero-order valence-corrected chi connectivity index (χ0v) is 15.2. The number of anilines is 2. The summed E-state index contributed by atoms with van der Waals surface area (Å²) in [4.78, 5) is 7.32. The van der Waals surface area contributed by atoms with Crippen molar-refractivity contribution >= 4 is 22.3 Å². The van der Waals surface area contributed by atoms with E-state index in [1.54, 1.807) is 0 Å². The average Bonchev–Trinajstić information content (AvgIpc) is 3.16. The van der Waals surface area contributed by atoms with Crippen molar-refractivity contribution in [3.8, 4) is 11.5 Å². The molecule has 27 heavy (non-hydrogen) atoms. The van der Waals surface area contributed by atoms with E-state index in [-0.39, 0.29) is 0 Å². The molecule has 5 rings (SSSR count). The number of aryl methyl sites for hydroxylation is 1. The number of nitrogens with zero attached hydrogens (tertiary/aromatic N) is 2. The highest BCUT2D eigenvalue weighted by Crippen LogP contribution is 2.43. The van der Waals surface area contributed by atoms with E-state index >= 15 is 0 Å². The van der Waals surface area contributed by atoms with Crippen molar-refractivity contribution in [2.45, 2.75) is 13.3 Å². The zero-order chi connectivity index (χ0) is 18.2. The van der Waals surface area contributed by atoms with Gasteiger partial charge in [0.1, 0.15) is 11.3 Å².